The van der Waals surface area contributed by atoms with Crippen molar-refractivity contribution in [1.82, 2.24) is 5.32 Å². The largest absolute Gasteiger partial charge is 0.497 e. The lowest BCUT2D eigenvalue weighted by molar-refractivity contribution is -0.201. The Hall–Kier alpha value is -1.96. The Balaban J connectivity index is 2.77. The molecule has 20 heavy (non-hydrogen) atoms. The van der Waals surface area contributed by atoms with Crippen LogP contribution < -0.4 is 14.8 Å². The second-order valence-corrected chi connectivity index (χ2v) is 3.87. The molecular formula is C12H14F3NO4. The topological polar surface area (TPSA) is 67.8 Å². The first-order valence-corrected chi connectivity index (χ1v) is 5.54. The SMILES string of the molecule is COc1cc(OC)cc(C(=O)NCC(O)C(F)(F)F)c1. The average molecular weight is 293 g/mol. The van der Waals surface area contributed by atoms with Crippen LogP contribution in [0.25, 0.3) is 0 Å². The second-order valence-electron chi connectivity index (χ2n) is 3.87. The molecule has 0 bridgehead atoms. The third-order valence-corrected chi connectivity index (χ3v) is 2.45. The number of amides is 1. The van der Waals surface area contributed by atoms with Gasteiger partial charge in [0.15, 0.2) is 6.10 Å². The van der Waals surface area contributed by atoms with Gasteiger partial charge in [-0.05, 0) is 12.1 Å². The molecule has 0 fully saturated rings. The Morgan fingerprint density at radius 3 is 2.15 bits per heavy atom. The summed E-state index contributed by atoms with van der Waals surface area (Å²) in [6.07, 6.45) is -7.39. The second kappa shape index (κ2) is 6.47. The molecule has 0 radical (unpaired) electrons. The maximum absolute atomic E-state index is 12.1. The molecule has 1 aromatic carbocycles. The molecule has 8 heteroatoms. The van der Waals surface area contributed by atoms with Crippen molar-refractivity contribution in [3.05, 3.63) is 23.8 Å². The molecule has 1 rings (SSSR count). The molecule has 0 saturated carbocycles. The number of methoxy groups -OCH3 is 2. The van der Waals surface area contributed by atoms with Crippen LogP contribution in [0.1, 0.15) is 10.4 Å². The van der Waals surface area contributed by atoms with Gasteiger partial charge in [0.05, 0.1) is 20.8 Å². The number of ether oxygens (including phenoxy) is 2. The van der Waals surface area contributed by atoms with Crippen LogP contribution in [-0.2, 0) is 0 Å². The average Bonchev–Trinajstić information content (AvgIpc) is 2.42. The first kappa shape index (κ1) is 16.1. The van der Waals surface area contributed by atoms with Gasteiger partial charge in [-0.25, -0.2) is 0 Å². The lowest BCUT2D eigenvalue weighted by Gasteiger charge is -2.15. The molecule has 1 unspecified atom stereocenters. The fraction of sp³-hybridized carbons (Fsp3) is 0.417. The van der Waals surface area contributed by atoms with Crippen molar-refractivity contribution in [2.45, 2.75) is 12.3 Å². The van der Waals surface area contributed by atoms with Crippen LogP contribution in [0.3, 0.4) is 0 Å². The Morgan fingerprint density at radius 1 is 1.25 bits per heavy atom. The molecule has 0 aromatic heterocycles. The minimum absolute atomic E-state index is 0.0653. The number of nitrogens with one attached hydrogen (secondary N) is 1. The maximum Gasteiger partial charge on any atom is 0.416 e. The lowest BCUT2D eigenvalue weighted by Crippen LogP contribution is -2.40. The minimum atomic E-state index is -4.78. The molecule has 1 atom stereocenters. The first-order valence-electron chi connectivity index (χ1n) is 5.54. The first-order chi connectivity index (χ1) is 9.27. The summed E-state index contributed by atoms with van der Waals surface area (Å²) >= 11 is 0. The summed E-state index contributed by atoms with van der Waals surface area (Å²) in [5.41, 5.74) is 0.0653. The third kappa shape index (κ3) is 4.30. The van der Waals surface area contributed by atoms with Gasteiger partial charge in [0.25, 0.3) is 5.91 Å². The molecule has 0 heterocycles. The number of aliphatic hydroxyl groups excluding tert-OH is 1. The molecule has 0 aliphatic rings. The highest BCUT2D eigenvalue weighted by atomic mass is 19.4. The number of benzene rings is 1. The van der Waals surface area contributed by atoms with E-state index >= 15 is 0 Å². The van der Waals surface area contributed by atoms with Gasteiger partial charge < -0.3 is 19.9 Å². The third-order valence-electron chi connectivity index (χ3n) is 2.45. The molecule has 1 amide bonds. The number of aliphatic hydroxyl groups is 1. The van der Waals surface area contributed by atoms with E-state index in [1.807, 2.05) is 5.32 Å². The van der Waals surface area contributed by atoms with Crippen LogP contribution >= 0.6 is 0 Å². The van der Waals surface area contributed by atoms with E-state index in [0.29, 0.717) is 11.5 Å². The van der Waals surface area contributed by atoms with Crippen LogP contribution in [0.15, 0.2) is 18.2 Å². The maximum atomic E-state index is 12.1. The van der Waals surface area contributed by atoms with Gasteiger partial charge in [0, 0.05) is 11.6 Å². The number of halogens is 3. The van der Waals surface area contributed by atoms with Crippen LogP contribution in [-0.4, -0.2) is 44.1 Å². The smallest absolute Gasteiger partial charge is 0.416 e. The standard InChI is InChI=1S/C12H14F3NO4/c1-19-8-3-7(4-9(5-8)20-2)11(18)16-6-10(17)12(13,14)15/h3-5,10,17H,6H2,1-2H3,(H,16,18). The van der Waals surface area contributed by atoms with E-state index in [1.54, 1.807) is 0 Å². The zero-order valence-electron chi connectivity index (χ0n) is 10.8. The zero-order chi connectivity index (χ0) is 15.3. The predicted molar refractivity (Wildman–Crippen MR) is 63.9 cm³/mol. The van der Waals surface area contributed by atoms with Crippen molar-refractivity contribution in [3.8, 4) is 11.5 Å². The van der Waals surface area contributed by atoms with E-state index < -0.39 is 24.7 Å². The van der Waals surface area contributed by atoms with Gasteiger partial charge in [-0.15, -0.1) is 0 Å². The van der Waals surface area contributed by atoms with Gasteiger partial charge in [0.1, 0.15) is 11.5 Å². The van der Waals surface area contributed by atoms with E-state index in [9.17, 15) is 18.0 Å². The highest BCUT2D eigenvalue weighted by molar-refractivity contribution is 5.95. The molecule has 5 nitrogen and oxygen atoms in total. The van der Waals surface area contributed by atoms with Gasteiger partial charge in [-0.3, -0.25) is 4.79 Å². The number of alkyl halides is 3. The van der Waals surface area contributed by atoms with E-state index in [4.69, 9.17) is 14.6 Å². The predicted octanol–water partition coefficient (Wildman–Crippen LogP) is 1.36. The molecule has 0 spiro atoms. The van der Waals surface area contributed by atoms with Gasteiger partial charge in [-0.2, -0.15) is 13.2 Å². The number of rotatable bonds is 5. The minimum Gasteiger partial charge on any atom is -0.497 e. The number of hydrogen-bond acceptors (Lipinski definition) is 4. The van der Waals surface area contributed by atoms with E-state index in [-0.39, 0.29) is 5.56 Å². The Kier molecular flexibility index (Phi) is 5.20. The molecule has 2 N–H and O–H groups in total. The van der Waals surface area contributed by atoms with Crippen molar-refractivity contribution < 1.29 is 32.5 Å². The molecule has 1 aromatic rings. The van der Waals surface area contributed by atoms with Gasteiger partial charge >= 0.3 is 6.18 Å². The van der Waals surface area contributed by atoms with Crippen LogP contribution in [0.2, 0.25) is 0 Å². The summed E-state index contributed by atoms with van der Waals surface area (Å²) < 4.78 is 46.2. The molecular weight excluding hydrogens is 279 g/mol. The quantitative estimate of drug-likeness (QED) is 0.860. The van der Waals surface area contributed by atoms with E-state index in [1.165, 1.54) is 32.4 Å². The van der Waals surface area contributed by atoms with E-state index in [0.717, 1.165) is 0 Å². The highest BCUT2D eigenvalue weighted by Crippen LogP contribution is 2.23. The number of hydrogen-bond donors (Lipinski definition) is 2. The summed E-state index contributed by atoms with van der Waals surface area (Å²) in [6.45, 7) is -0.929. The van der Waals surface area contributed by atoms with Crippen LogP contribution in [0, 0.1) is 0 Å². The molecule has 0 saturated heterocycles. The summed E-state index contributed by atoms with van der Waals surface area (Å²) in [6, 6.07) is 4.21. The van der Waals surface area contributed by atoms with Crippen molar-refractivity contribution in [2.75, 3.05) is 20.8 Å². The normalized spacial score (nSPS) is 12.7. The van der Waals surface area contributed by atoms with E-state index in [2.05, 4.69) is 0 Å². The summed E-state index contributed by atoms with van der Waals surface area (Å²) in [7, 11) is 2.76. The Bertz CT molecular complexity index is 454. The summed E-state index contributed by atoms with van der Waals surface area (Å²) in [4.78, 5) is 11.7. The van der Waals surface area contributed by atoms with Crippen LogP contribution in [0.4, 0.5) is 13.2 Å². The van der Waals surface area contributed by atoms with Gasteiger partial charge in [-0.1, -0.05) is 0 Å². The Morgan fingerprint density at radius 2 is 1.75 bits per heavy atom. The van der Waals surface area contributed by atoms with Crippen molar-refractivity contribution in [2.24, 2.45) is 0 Å². The molecule has 0 aliphatic heterocycles. The molecule has 0 aliphatic carbocycles. The van der Waals surface area contributed by atoms with Crippen molar-refractivity contribution in [1.29, 1.82) is 0 Å². The van der Waals surface area contributed by atoms with Crippen molar-refractivity contribution in [3.63, 3.8) is 0 Å². The Labute approximate surface area is 113 Å². The fourth-order valence-corrected chi connectivity index (χ4v) is 1.35. The zero-order valence-corrected chi connectivity index (χ0v) is 10.8. The monoisotopic (exact) mass is 293 g/mol. The number of carbonyl (C=O) groups is 1. The van der Waals surface area contributed by atoms with Gasteiger partial charge in [0.2, 0.25) is 0 Å². The summed E-state index contributed by atoms with van der Waals surface area (Å²) in [5.74, 6) is -0.123. The van der Waals surface area contributed by atoms with Crippen LogP contribution in [0.5, 0.6) is 11.5 Å². The fourth-order valence-electron chi connectivity index (χ4n) is 1.35. The highest BCUT2D eigenvalue weighted by Gasteiger charge is 2.38. The summed E-state index contributed by atoms with van der Waals surface area (Å²) in [5, 5.41) is 10.8. The number of carbonyl (C=O) groups excluding carboxylic acids is 1. The van der Waals surface area contributed by atoms with Crippen molar-refractivity contribution >= 4 is 5.91 Å². The molecule has 112 valence electrons. The lowest BCUT2D eigenvalue weighted by atomic mass is 10.2.